The first kappa shape index (κ1) is 12.4. The molecule has 0 unspecified atom stereocenters. The Balaban J connectivity index is 2.19. The lowest BCUT2D eigenvalue weighted by atomic mass is 10.2. The van der Waals surface area contributed by atoms with E-state index in [1.54, 1.807) is 0 Å². The number of rotatable bonds is 4. The highest BCUT2D eigenvalue weighted by Crippen LogP contribution is 2.29. The van der Waals surface area contributed by atoms with Gasteiger partial charge in [-0.05, 0) is 24.0 Å². The van der Waals surface area contributed by atoms with E-state index in [0.29, 0.717) is 19.0 Å². The molecular formula is C12H18N2O2S. The molecule has 17 heavy (non-hydrogen) atoms. The maximum atomic E-state index is 12.1. The lowest BCUT2D eigenvalue weighted by molar-refractivity contribution is 0.557. The predicted molar refractivity (Wildman–Crippen MR) is 69.3 cm³/mol. The van der Waals surface area contributed by atoms with E-state index in [9.17, 15) is 8.42 Å². The van der Waals surface area contributed by atoms with Gasteiger partial charge in [-0.15, -0.1) is 0 Å². The smallest absolute Gasteiger partial charge is 0.257 e. The van der Waals surface area contributed by atoms with Crippen LogP contribution in [-0.4, -0.2) is 21.5 Å². The molecule has 0 saturated heterocycles. The molecule has 0 aromatic heterocycles. The lowest BCUT2D eigenvalue weighted by Gasteiger charge is -2.20. The number of para-hydroxylation sites is 1. The van der Waals surface area contributed by atoms with Crippen molar-refractivity contribution in [2.24, 2.45) is 5.92 Å². The summed E-state index contributed by atoms with van der Waals surface area (Å²) in [5.41, 5.74) is 1.91. The van der Waals surface area contributed by atoms with E-state index in [4.69, 9.17) is 0 Å². The number of nitrogens with one attached hydrogen (secondary N) is 1. The third kappa shape index (κ3) is 2.61. The van der Waals surface area contributed by atoms with Crippen molar-refractivity contribution in [2.45, 2.75) is 20.3 Å². The second kappa shape index (κ2) is 4.66. The van der Waals surface area contributed by atoms with Crippen LogP contribution in [0.3, 0.4) is 0 Å². The SMILES string of the molecule is CC(C)CNS(=O)(=O)N1CCc2ccccc21. The fourth-order valence-corrected chi connectivity index (χ4v) is 3.38. The Morgan fingerprint density at radius 3 is 2.76 bits per heavy atom. The summed E-state index contributed by atoms with van der Waals surface area (Å²) in [5, 5.41) is 0. The highest BCUT2D eigenvalue weighted by Gasteiger charge is 2.28. The summed E-state index contributed by atoms with van der Waals surface area (Å²) in [4.78, 5) is 0. The fraction of sp³-hybridized carbons (Fsp3) is 0.500. The van der Waals surface area contributed by atoms with Gasteiger partial charge in [0.15, 0.2) is 0 Å². The average molecular weight is 254 g/mol. The molecule has 0 spiro atoms. The van der Waals surface area contributed by atoms with Crippen molar-refractivity contribution in [2.75, 3.05) is 17.4 Å². The molecule has 2 rings (SSSR count). The summed E-state index contributed by atoms with van der Waals surface area (Å²) in [7, 11) is -3.39. The summed E-state index contributed by atoms with van der Waals surface area (Å²) in [6, 6.07) is 7.65. The molecule has 1 N–H and O–H groups in total. The molecule has 94 valence electrons. The maximum Gasteiger partial charge on any atom is 0.301 e. The Bertz CT molecular complexity index is 497. The largest absolute Gasteiger partial charge is 0.301 e. The van der Waals surface area contributed by atoms with Crippen molar-refractivity contribution in [3.05, 3.63) is 29.8 Å². The number of hydrogen-bond acceptors (Lipinski definition) is 2. The van der Waals surface area contributed by atoms with Crippen LogP contribution in [0.2, 0.25) is 0 Å². The number of fused-ring (bicyclic) bond motifs is 1. The lowest BCUT2D eigenvalue weighted by Crippen LogP contribution is -2.41. The molecule has 0 aliphatic carbocycles. The van der Waals surface area contributed by atoms with E-state index < -0.39 is 10.2 Å². The topological polar surface area (TPSA) is 49.4 Å². The van der Waals surface area contributed by atoms with E-state index in [1.165, 1.54) is 4.31 Å². The molecule has 1 aromatic carbocycles. The fourth-order valence-electron chi connectivity index (χ4n) is 1.91. The van der Waals surface area contributed by atoms with Gasteiger partial charge in [-0.1, -0.05) is 32.0 Å². The molecule has 0 saturated carbocycles. The van der Waals surface area contributed by atoms with Gasteiger partial charge in [0.1, 0.15) is 0 Å². The third-order valence-electron chi connectivity index (χ3n) is 2.81. The van der Waals surface area contributed by atoms with E-state index >= 15 is 0 Å². The molecule has 1 aromatic rings. The van der Waals surface area contributed by atoms with Gasteiger partial charge < -0.3 is 0 Å². The number of hydrogen-bond donors (Lipinski definition) is 1. The molecule has 0 atom stereocenters. The highest BCUT2D eigenvalue weighted by atomic mass is 32.2. The van der Waals surface area contributed by atoms with Crippen LogP contribution in [0.4, 0.5) is 5.69 Å². The quantitative estimate of drug-likeness (QED) is 0.886. The molecular weight excluding hydrogens is 236 g/mol. The number of nitrogens with zero attached hydrogens (tertiary/aromatic N) is 1. The Morgan fingerprint density at radius 1 is 1.35 bits per heavy atom. The van der Waals surface area contributed by atoms with Crippen LogP contribution in [-0.2, 0) is 16.6 Å². The zero-order chi connectivity index (χ0) is 12.5. The Hall–Kier alpha value is -1.07. The van der Waals surface area contributed by atoms with E-state index in [2.05, 4.69) is 4.72 Å². The average Bonchev–Trinajstić information content (AvgIpc) is 2.71. The molecule has 0 fully saturated rings. The van der Waals surface area contributed by atoms with Gasteiger partial charge in [-0.25, -0.2) is 0 Å². The summed E-state index contributed by atoms with van der Waals surface area (Å²) in [5.74, 6) is 0.308. The van der Waals surface area contributed by atoms with Crippen LogP contribution in [0.1, 0.15) is 19.4 Å². The Kier molecular flexibility index (Phi) is 3.40. The molecule has 1 heterocycles. The summed E-state index contributed by atoms with van der Waals surface area (Å²) >= 11 is 0. The van der Waals surface area contributed by atoms with Gasteiger partial charge in [0.2, 0.25) is 0 Å². The van der Waals surface area contributed by atoms with Gasteiger partial charge in [0.05, 0.1) is 5.69 Å². The predicted octanol–water partition coefficient (Wildman–Crippen LogP) is 1.54. The second-order valence-corrected chi connectivity index (χ2v) is 6.38. The monoisotopic (exact) mass is 254 g/mol. The minimum absolute atomic E-state index is 0.308. The summed E-state index contributed by atoms with van der Waals surface area (Å²) in [6.07, 6.45) is 0.790. The van der Waals surface area contributed by atoms with Gasteiger partial charge in [-0.3, -0.25) is 4.31 Å². The van der Waals surface area contributed by atoms with Crippen molar-refractivity contribution in [1.29, 1.82) is 0 Å². The van der Waals surface area contributed by atoms with Crippen LogP contribution >= 0.6 is 0 Å². The molecule has 0 bridgehead atoms. The molecule has 1 aliphatic heterocycles. The zero-order valence-corrected chi connectivity index (χ0v) is 11.0. The van der Waals surface area contributed by atoms with Crippen molar-refractivity contribution < 1.29 is 8.42 Å². The minimum atomic E-state index is -3.39. The van der Waals surface area contributed by atoms with Crippen LogP contribution in [0, 0.1) is 5.92 Å². The first-order valence-electron chi connectivity index (χ1n) is 5.86. The van der Waals surface area contributed by atoms with Crippen molar-refractivity contribution in [3.8, 4) is 0 Å². The van der Waals surface area contributed by atoms with Crippen LogP contribution in [0.15, 0.2) is 24.3 Å². The van der Waals surface area contributed by atoms with Crippen LogP contribution in [0.25, 0.3) is 0 Å². The number of benzene rings is 1. The van der Waals surface area contributed by atoms with E-state index in [1.807, 2.05) is 38.1 Å². The van der Waals surface area contributed by atoms with Gasteiger partial charge in [-0.2, -0.15) is 13.1 Å². The zero-order valence-electron chi connectivity index (χ0n) is 10.2. The van der Waals surface area contributed by atoms with Crippen LogP contribution in [0.5, 0.6) is 0 Å². The summed E-state index contributed by atoms with van der Waals surface area (Å²) in [6.45, 7) is 4.98. The van der Waals surface area contributed by atoms with Gasteiger partial charge >= 0.3 is 10.2 Å². The van der Waals surface area contributed by atoms with Gasteiger partial charge in [0.25, 0.3) is 0 Å². The van der Waals surface area contributed by atoms with Crippen molar-refractivity contribution in [3.63, 3.8) is 0 Å². The second-order valence-electron chi connectivity index (χ2n) is 4.70. The standard InChI is InChI=1S/C12H18N2O2S/c1-10(2)9-13-17(15,16)14-8-7-11-5-3-4-6-12(11)14/h3-6,10,13H,7-9H2,1-2H3. The Labute approximate surface area is 103 Å². The minimum Gasteiger partial charge on any atom is -0.257 e. The third-order valence-corrected chi connectivity index (χ3v) is 4.30. The first-order chi connectivity index (χ1) is 8.00. The Morgan fingerprint density at radius 2 is 2.06 bits per heavy atom. The van der Waals surface area contributed by atoms with E-state index in [0.717, 1.165) is 17.7 Å². The normalized spacial score (nSPS) is 15.4. The van der Waals surface area contributed by atoms with Gasteiger partial charge in [0, 0.05) is 13.1 Å². The van der Waals surface area contributed by atoms with Crippen LogP contribution < -0.4 is 9.03 Å². The summed E-state index contributed by atoms with van der Waals surface area (Å²) < 4.78 is 28.3. The molecule has 0 radical (unpaired) electrons. The molecule has 0 amide bonds. The van der Waals surface area contributed by atoms with E-state index in [-0.39, 0.29) is 0 Å². The van der Waals surface area contributed by atoms with Crippen molar-refractivity contribution >= 4 is 15.9 Å². The first-order valence-corrected chi connectivity index (χ1v) is 7.30. The van der Waals surface area contributed by atoms with Crippen molar-refractivity contribution in [1.82, 2.24) is 4.72 Å². The molecule has 5 heteroatoms. The maximum absolute atomic E-state index is 12.1. The number of anilines is 1. The highest BCUT2D eigenvalue weighted by molar-refractivity contribution is 7.90. The molecule has 1 aliphatic rings. The molecule has 4 nitrogen and oxygen atoms in total.